The molecule has 1 heterocycles. The molecule has 0 bridgehead atoms. The summed E-state index contributed by atoms with van der Waals surface area (Å²) in [4.78, 5) is 0. The second kappa shape index (κ2) is 2.79. The van der Waals surface area contributed by atoms with Gasteiger partial charge >= 0.3 is 13.3 Å². The molecule has 0 radical (unpaired) electrons. The van der Waals surface area contributed by atoms with E-state index in [0.717, 1.165) is 0 Å². The van der Waals surface area contributed by atoms with Gasteiger partial charge in [0.25, 0.3) is 0 Å². The van der Waals surface area contributed by atoms with Crippen LogP contribution in [0, 0.1) is 0 Å². The second-order valence-corrected chi connectivity index (χ2v) is 2.07. The Morgan fingerprint density at radius 1 is 1.42 bits per heavy atom. The van der Waals surface area contributed by atoms with Gasteiger partial charge in [0.2, 0.25) is 0 Å². The lowest BCUT2D eigenvalue weighted by Gasteiger charge is -2.05. The van der Waals surface area contributed by atoms with Crippen LogP contribution in [0.4, 0.5) is 13.2 Å². The lowest BCUT2D eigenvalue weighted by molar-refractivity contribution is -0.140. The van der Waals surface area contributed by atoms with Gasteiger partial charge in [0.05, 0.1) is 0 Å². The second-order valence-electron chi connectivity index (χ2n) is 2.07. The van der Waals surface area contributed by atoms with Crippen LogP contribution in [0.25, 0.3) is 0 Å². The fourth-order valence-electron chi connectivity index (χ4n) is 0.718. The van der Waals surface area contributed by atoms with Gasteiger partial charge in [-0.25, -0.2) is 0 Å². The van der Waals surface area contributed by atoms with Crippen LogP contribution in [0.5, 0.6) is 0 Å². The first kappa shape index (κ1) is 9.08. The van der Waals surface area contributed by atoms with Crippen molar-refractivity contribution in [3.8, 4) is 0 Å². The van der Waals surface area contributed by atoms with Gasteiger partial charge in [-0.3, -0.25) is 5.10 Å². The highest BCUT2D eigenvalue weighted by Gasteiger charge is 2.38. The van der Waals surface area contributed by atoms with Gasteiger partial charge in [-0.2, -0.15) is 18.3 Å². The molecular formula is C4H4BF3N2O2. The van der Waals surface area contributed by atoms with Gasteiger partial charge in [0.15, 0.2) is 0 Å². The van der Waals surface area contributed by atoms with Crippen LogP contribution < -0.4 is 5.46 Å². The summed E-state index contributed by atoms with van der Waals surface area (Å²) in [5.41, 5.74) is -1.92. The Hall–Kier alpha value is -1.02. The third-order valence-electron chi connectivity index (χ3n) is 1.23. The molecule has 1 aromatic heterocycles. The van der Waals surface area contributed by atoms with E-state index in [1.807, 2.05) is 0 Å². The van der Waals surface area contributed by atoms with Crippen LogP contribution >= 0.6 is 0 Å². The van der Waals surface area contributed by atoms with Crippen molar-refractivity contribution in [1.82, 2.24) is 10.2 Å². The first-order valence-corrected chi connectivity index (χ1v) is 2.89. The third-order valence-corrected chi connectivity index (χ3v) is 1.23. The Morgan fingerprint density at radius 3 is 2.33 bits per heavy atom. The summed E-state index contributed by atoms with van der Waals surface area (Å²) >= 11 is 0. The quantitative estimate of drug-likeness (QED) is 0.491. The van der Waals surface area contributed by atoms with E-state index in [0.29, 0.717) is 6.20 Å². The van der Waals surface area contributed by atoms with Crippen molar-refractivity contribution in [2.75, 3.05) is 0 Å². The van der Waals surface area contributed by atoms with Crippen molar-refractivity contribution in [3.05, 3.63) is 11.9 Å². The zero-order chi connectivity index (χ0) is 9.35. The molecule has 1 aromatic rings. The van der Waals surface area contributed by atoms with Crippen LogP contribution in [-0.2, 0) is 6.18 Å². The fourth-order valence-corrected chi connectivity index (χ4v) is 0.718. The summed E-state index contributed by atoms with van der Waals surface area (Å²) in [5, 5.41) is 21.6. The number of aromatic amines is 1. The normalized spacial score (nSPS) is 11.8. The predicted octanol–water partition coefficient (Wildman–Crippen LogP) is -0.892. The maximum Gasteiger partial charge on any atom is 0.492 e. The van der Waals surface area contributed by atoms with Crippen molar-refractivity contribution in [1.29, 1.82) is 0 Å². The van der Waals surface area contributed by atoms with Crippen molar-refractivity contribution >= 4 is 12.6 Å². The molecule has 66 valence electrons. The van der Waals surface area contributed by atoms with Gasteiger partial charge in [-0.1, -0.05) is 0 Å². The molecule has 0 spiro atoms. The molecule has 12 heavy (non-hydrogen) atoms. The molecule has 0 aliphatic heterocycles. The predicted molar refractivity (Wildman–Crippen MR) is 33.4 cm³/mol. The highest BCUT2D eigenvalue weighted by molar-refractivity contribution is 6.59. The zero-order valence-corrected chi connectivity index (χ0v) is 5.63. The van der Waals surface area contributed by atoms with E-state index < -0.39 is 24.5 Å². The SMILES string of the molecule is OB(O)c1cn[nH]c1C(F)(F)F. The minimum atomic E-state index is -4.64. The average molecular weight is 180 g/mol. The number of rotatable bonds is 1. The minimum absolute atomic E-state index is 0.678. The van der Waals surface area contributed by atoms with Crippen LogP contribution in [-0.4, -0.2) is 27.4 Å². The lowest BCUT2D eigenvalue weighted by Crippen LogP contribution is -2.34. The molecule has 0 saturated carbocycles. The Bertz CT molecular complexity index is 272. The summed E-state index contributed by atoms with van der Waals surface area (Å²) < 4.78 is 35.8. The number of nitrogens with one attached hydrogen (secondary N) is 1. The number of halogens is 3. The molecule has 0 aliphatic carbocycles. The molecule has 0 fully saturated rings. The monoisotopic (exact) mass is 180 g/mol. The van der Waals surface area contributed by atoms with Crippen LogP contribution in [0.1, 0.15) is 5.69 Å². The van der Waals surface area contributed by atoms with Crippen molar-refractivity contribution < 1.29 is 23.2 Å². The number of nitrogens with zero attached hydrogens (tertiary/aromatic N) is 1. The Morgan fingerprint density at radius 2 is 2.00 bits per heavy atom. The van der Waals surface area contributed by atoms with E-state index >= 15 is 0 Å². The highest BCUT2D eigenvalue weighted by atomic mass is 19.4. The van der Waals surface area contributed by atoms with Crippen molar-refractivity contribution in [2.45, 2.75) is 6.18 Å². The number of hydrogen-bond acceptors (Lipinski definition) is 3. The van der Waals surface area contributed by atoms with E-state index in [4.69, 9.17) is 10.0 Å². The zero-order valence-electron chi connectivity index (χ0n) is 5.63. The molecule has 8 heteroatoms. The molecule has 0 aromatic carbocycles. The number of aromatic nitrogens is 2. The van der Waals surface area contributed by atoms with E-state index in [2.05, 4.69) is 5.10 Å². The maximum atomic E-state index is 11.9. The summed E-state index contributed by atoms with van der Waals surface area (Å²) in [7, 11) is -2.17. The maximum absolute atomic E-state index is 11.9. The number of alkyl halides is 3. The van der Waals surface area contributed by atoms with Gasteiger partial charge in [0, 0.05) is 11.7 Å². The topological polar surface area (TPSA) is 69.1 Å². The fraction of sp³-hybridized carbons (Fsp3) is 0.250. The molecule has 1 rings (SSSR count). The Labute approximate surface area is 65.2 Å². The van der Waals surface area contributed by atoms with Gasteiger partial charge in [-0.05, 0) is 0 Å². The molecule has 0 saturated heterocycles. The standard InChI is InChI=1S/C4H4BF3N2O2/c6-4(7,8)3-2(5(11)12)1-9-10-3/h1,11-12H,(H,9,10). The number of H-pyrrole nitrogens is 1. The summed E-state index contributed by atoms with van der Waals surface area (Å²) in [6, 6.07) is 0. The first-order chi connectivity index (χ1) is 5.43. The molecule has 0 unspecified atom stereocenters. The molecule has 0 atom stereocenters. The third kappa shape index (κ3) is 1.59. The summed E-state index contributed by atoms with van der Waals surface area (Å²) in [5.74, 6) is 0. The van der Waals surface area contributed by atoms with Crippen LogP contribution in [0.3, 0.4) is 0 Å². The molecule has 3 N–H and O–H groups in total. The molecule has 0 amide bonds. The van der Waals surface area contributed by atoms with Gasteiger partial charge < -0.3 is 10.0 Å². The van der Waals surface area contributed by atoms with E-state index in [9.17, 15) is 13.2 Å². The van der Waals surface area contributed by atoms with Crippen LogP contribution in [0.15, 0.2) is 6.20 Å². The highest BCUT2D eigenvalue weighted by Crippen LogP contribution is 2.25. The van der Waals surface area contributed by atoms with Crippen LogP contribution in [0.2, 0.25) is 0 Å². The minimum Gasteiger partial charge on any atom is -0.423 e. The van der Waals surface area contributed by atoms with Crippen molar-refractivity contribution in [3.63, 3.8) is 0 Å². The average Bonchev–Trinajstić information content (AvgIpc) is 2.30. The first-order valence-electron chi connectivity index (χ1n) is 2.89. The Kier molecular flexibility index (Phi) is 2.11. The van der Waals surface area contributed by atoms with E-state index in [1.165, 1.54) is 0 Å². The van der Waals surface area contributed by atoms with Crippen molar-refractivity contribution in [2.24, 2.45) is 0 Å². The van der Waals surface area contributed by atoms with E-state index in [1.54, 1.807) is 5.10 Å². The van der Waals surface area contributed by atoms with Gasteiger partial charge in [0.1, 0.15) is 5.69 Å². The molecular weight excluding hydrogens is 176 g/mol. The Balaban J connectivity index is 3.08. The molecule has 4 nitrogen and oxygen atoms in total. The molecule has 0 aliphatic rings. The lowest BCUT2D eigenvalue weighted by atomic mass is 9.80. The largest absolute Gasteiger partial charge is 0.492 e. The van der Waals surface area contributed by atoms with E-state index in [-0.39, 0.29) is 0 Å². The smallest absolute Gasteiger partial charge is 0.423 e. The number of hydrogen-bond donors (Lipinski definition) is 3. The summed E-state index contributed by atoms with van der Waals surface area (Å²) in [6.07, 6.45) is -3.93. The summed E-state index contributed by atoms with van der Waals surface area (Å²) in [6.45, 7) is 0. The van der Waals surface area contributed by atoms with Gasteiger partial charge in [-0.15, -0.1) is 0 Å².